The molecule has 0 unspecified atom stereocenters. The number of nitrogens with zero attached hydrogens (tertiary/aromatic N) is 3. The number of nitrogens with one attached hydrogen (secondary N) is 2. The molecular weight excluding hydrogens is 468 g/mol. The Balaban J connectivity index is 1.31. The van der Waals surface area contributed by atoms with E-state index in [1.165, 1.54) is 23.4 Å². The van der Waals surface area contributed by atoms with Gasteiger partial charge < -0.3 is 19.7 Å². The summed E-state index contributed by atoms with van der Waals surface area (Å²) in [6.07, 6.45) is -1.81. The number of hydrogen-bond acceptors (Lipinski definition) is 5. The highest BCUT2D eigenvalue weighted by atomic mass is 19.4. The SMILES string of the molecule is O=C(Nc1c[nH]c2cc(F)c(F)cc12)c1cc(-c2cnc(N3CC(C(F)(F)F)C3)c(F)c2)on1. The zero-order chi connectivity index (χ0) is 24.2. The lowest BCUT2D eigenvalue weighted by Crippen LogP contribution is -2.54. The van der Waals surface area contributed by atoms with Crippen LogP contribution < -0.4 is 10.2 Å². The summed E-state index contributed by atoms with van der Waals surface area (Å²) in [6.45, 7) is -0.770. The second-order valence-electron chi connectivity index (χ2n) is 7.72. The van der Waals surface area contributed by atoms with Crippen LogP contribution in [0.2, 0.25) is 0 Å². The highest BCUT2D eigenvalue weighted by Gasteiger charge is 2.48. The molecule has 0 saturated carbocycles. The zero-order valence-electron chi connectivity index (χ0n) is 16.9. The van der Waals surface area contributed by atoms with Gasteiger partial charge in [0.25, 0.3) is 5.91 Å². The fraction of sp³-hybridized carbons (Fsp3) is 0.190. The van der Waals surface area contributed by atoms with Gasteiger partial charge in [0.2, 0.25) is 0 Å². The van der Waals surface area contributed by atoms with Gasteiger partial charge in [-0.1, -0.05) is 5.16 Å². The van der Waals surface area contributed by atoms with E-state index in [2.05, 4.69) is 20.4 Å². The first-order chi connectivity index (χ1) is 16.1. The molecule has 1 amide bonds. The van der Waals surface area contributed by atoms with E-state index < -0.39 is 35.5 Å². The van der Waals surface area contributed by atoms with Crippen LogP contribution in [-0.4, -0.2) is 40.3 Å². The van der Waals surface area contributed by atoms with Crippen LogP contribution in [0.15, 0.2) is 41.2 Å². The monoisotopic (exact) mass is 481 g/mol. The fourth-order valence-corrected chi connectivity index (χ4v) is 3.58. The predicted octanol–water partition coefficient (Wildman–Crippen LogP) is 4.89. The summed E-state index contributed by atoms with van der Waals surface area (Å²) in [5.74, 6) is -5.47. The van der Waals surface area contributed by atoms with Crippen LogP contribution >= 0.6 is 0 Å². The smallest absolute Gasteiger partial charge is 0.359 e. The highest BCUT2D eigenvalue weighted by Crippen LogP contribution is 2.37. The largest absolute Gasteiger partial charge is 0.395 e. The lowest BCUT2D eigenvalue weighted by atomic mass is 9.99. The number of fused-ring (bicyclic) bond motifs is 1. The zero-order valence-corrected chi connectivity index (χ0v) is 16.9. The van der Waals surface area contributed by atoms with Gasteiger partial charge in [-0.25, -0.2) is 18.2 Å². The molecule has 1 aliphatic heterocycles. The Bertz CT molecular complexity index is 1410. The topological polar surface area (TPSA) is 87.0 Å². The van der Waals surface area contributed by atoms with E-state index in [0.29, 0.717) is 0 Å². The van der Waals surface area contributed by atoms with Gasteiger partial charge in [0.15, 0.2) is 34.7 Å². The van der Waals surface area contributed by atoms with Crippen molar-refractivity contribution >= 4 is 28.3 Å². The Morgan fingerprint density at radius 3 is 2.53 bits per heavy atom. The van der Waals surface area contributed by atoms with Gasteiger partial charge in [-0.3, -0.25) is 4.79 Å². The van der Waals surface area contributed by atoms with Crippen LogP contribution in [0.5, 0.6) is 0 Å². The van der Waals surface area contributed by atoms with E-state index in [1.807, 2.05) is 0 Å². The number of aromatic amines is 1. The molecule has 176 valence electrons. The summed E-state index contributed by atoms with van der Waals surface area (Å²) in [5, 5.41) is 6.34. The van der Waals surface area contributed by atoms with Crippen LogP contribution in [0.4, 0.5) is 37.8 Å². The molecular formula is C21H13F6N5O2. The maximum Gasteiger partial charge on any atom is 0.395 e. The molecule has 0 atom stereocenters. The third-order valence-electron chi connectivity index (χ3n) is 5.46. The molecule has 1 fully saturated rings. The Kier molecular flexibility index (Phi) is 4.99. The fourth-order valence-electron chi connectivity index (χ4n) is 3.58. The number of aromatic nitrogens is 3. The quantitative estimate of drug-likeness (QED) is 0.406. The second kappa shape index (κ2) is 7.78. The molecule has 1 aliphatic rings. The normalized spacial score (nSPS) is 14.5. The average molecular weight is 481 g/mol. The molecule has 0 spiro atoms. The van der Waals surface area contributed by atoms with Gasteiger partial charge >= 0.3 is 6.18 Å². The number of carbonyl (C=O) groups excluding carboxylic acids is 1. The van der Waals surface area contributed by atoms with Crippen molar-refractivity contribution in [2.75, 3.05) is 23.3 Å². The van der Waals surface area contributed by atoms with E-state index in [4.69, 9.17) is 4.52 Å². The lowest BCUT2D eigenvalue weighted by Gasteiger charge is -2.40. The van der Waals surface area contributed by atoms with Crippen molar-refractivity contribution in [1.29, 1.82) is 0 Å². The Morgan fingerprint density at radius 2 is 1.82 bits per heavy atom. The third-order valence-corrected chi connectivity index (χ3v) is 5.46. The lowest BCUT2D eigenvalue weighted by molar-refractivity contribution is -0.180. The molecule has 0 bridgehead atoms. The first-order valence-electron chi connectivity index (χ1n) is 9.82. The van der Waals surface area contributed by atoms with Gasteiger partial charge in [0.1, 0.15) is 0 Å². The second-order valence-corrected chi connectivity index (χ2v) is 7.72. The van der Waals surface area contributed by atoms with Gasteiger partial charge in [0.05, 0.1) is 17.1 Å². The Morgan fingerprint density at radius 1 is 1.09 bits per heavy atom. The van der Waals surface area contributed by atoms with Crippen molar-refractivity contribution in [2.45, 2.75) is 6.18 Å². The minimum Gasteiger partial charge on any atom is -0.359 e. The maximum atomic E-state index is 14.5. The van der Waals surface area contributed by atoms with Crippen molar-refractivity contribution < 1.29 is 35.7 Å². The van der Waals surface area contributed by atoms with Crippen LogP contribution in [-0.2, 0) is 0 Å². The molecule has 0 radical (unpaired) electrons. The van der Waals surface area contributed by atoms with Gasteiger partial charge in [-0.2, -0.15) is 13.2 Å². The Labute approximate surface area is 186 Å². The van der Waals surface area contributed by atoms with E-state index in [9.17, 15) is 31.1 Å². The number of alkyl halides is 3. The number of carbonyl (C=O) groups is 1. The van der Waals surface area contributed by atoms with Crippen molar-refractivity contribution in [3.63, 3.8) is 0 Å². The molecule has 1 aromatic carbocycles. The van der Waals surface area contributed by atoms with Crippen LogP contribution in [0.3, 0.4) is 0 Å². The van der Waals surface area contributed by atoms with Gasteiger partial charge in [0, 0.05) is 48.6 Å². The van der Waals surface area contributed by atoms with Crippen LogP contribution in [0, 0.1) is 23.4 Å². The maximum absolute atomic E-state index is 14.5. The summed E-state index contributed by atoms with van der Waals surface area (Å²) in [4.78, 5) is 20.3. The summed E-state index contributed by atoms with van der Waals surface area (Å²) in [5.41, 5.74) is 0.366. The van der Waals surface area contributed by atoms with E-state index in [1.54, 1.807) is 0 Å². The Hall–Kier alpha value is -4.03. The number of hydrogen-bond donors (Lipinski definition) is 2. The molecule has 4 aromatic rings. The molecule has 2 N–H and O–H groups in total. The molecule has 4 heterocycles. The molecule has 13 heteroatoms. The minimum absolute atomic E-state index is 0.00748. The van der Waals surface area contributed by atoms with Crippen molar-refractivity contribution in [2.24, 2.45) is 5.92 Å². The first-order valence-corrected chi connectivity index (χ1v) is 9.82. The molecule has 5 rings (SSSR count). The van der Waals surface area contributed by atoms with E-state index in [-0.39, 0.29) is 52.5 Å². The number of amides is 1. The molecule has 34 heavy (non-hydrogen) atoms. The predicted molar refractivity (Wildman–Crippen MR) is 108 cm³/mol. The molecule has 1 saturated heterocycles. The summed E-state index contributed by atoms with van der Waals surface area (Å²) < 4.78 is 84.4. The molecule has 7 nitrogen and oxygen atoms in total. The van der Waals surface area contributed by atoms with Crippen LogP contribution in [0.1, 0.15) is 10.5 Å². The molecule has 3 aromatic heterocycles. The molecule has 0 aliphatic carbocycles. The first kappa shape index (κ1) is 21.8. The number of benzene rings is 1. The number of halogens is 6. The number of pyridine rings is 1. The van der Waals surface area contributed by atoms with Gasteiger partial charge in [-0.15, -0.1) is 0 Å². The summed E-state index contributed by atoms with van der Waals surface area (Å²) in [7, 11) is 0. The standard InChI is InChI=1S/C21H13F6N5O2/c22-12-2-11-15(3-13(12)23)28-6-17(11)30-20(33)16-4-18(34-31-16)9-1-14(24)19(29-5-9)32-7-10(8-32)21(25,26)27/h1-6,10,28H,7-8H2,(H,30,33). The highest BCUT2D eigenvalue weighted by molar-refractivity contribution is 6.08. The van der Waals surface area contributed by atoms with Crippen molar-refractivity contribution in [3.05, 3.63) is 59.8 Å². The van der Waals surface area contributed by atoms with E-state index in [0.717, 1.165) is 18.2 Å². The van der Waals surface area contributed by atoms with E-state index >= 15 is 0 Å². The summed E-state index contributed by atoms with van der Waals surface area (Å²) >= 11 is 0. The van der Waals surface area contributed by atoms with Crippen molar-refractivity contribution in [3.8, 4) is 11.3 Å². The number of rotatable bonds is 4. The van der Waals surface area contributed by atoms with Gasteiger partial charge in [-0.05, 0) is 12.1 Å². The average Bonchev–Trinajstić information content (AvgIpc) is 3.36. The minimum atomic E-state index is -4.35. The number of anilines is 2. The van der Waals surface area contributed by atoms with Crippen molar-refractivity contribution in [1.82, 2.24) is 15.1 Å². The third kappa shape index (κ3) is 3.82. The van der Waals surface area contributed by atoms with Crippen LogP contribution in [0.25, 0.3) is 22.2 Å². The summed E-state index contributed by atoms with van der Waals surface area (Å²) in [6, 6.07) is 4.10. The number of H-pyrrole nitrogens is 1.